The molecule has 1 heterocycles. The van der Waals surface area contributed by atoms with E-state index in [4.69, 9.17) is 5.41 Å². The number of amides is 1. The van der Waals surface area contributed by atoms with E-state index >= 15 is 0 Å². The van der Waals surface area contributed by atoms with E-state index in [1.165, 1.54) is 0 Å². The van der Waals surface area contributed by atoms with Gasteiger partial charge in [-0.15, -0.1) is 0 Å². The van der Waals surface area contributed by atoms with Crippen LogP contribution in [0.25, 0.3) is 0 Å². The number of guanidine groups is 1. The van der Waals surface area contributed by atoms with Gasteiger partial charge in [-0.05, 0) is 0 Å². The molecule has 0 atom stereocenters. The van der Waals surface area contributed by atoms with Gasteiger partial charge in [-0.3, -0.25) is 15.5 Å². The Bertz CT molecular complexity index is 147. The van der Waals surface area contributed by atoms with Crippen molar-refractivity contribution in [3.05, 3.63) is 0 Å². The van der Waals surface area contributed by atoms with Crippen molar-refractivity contribution < 1.29 is 4.79 Å². The summed E-state index contributed by atoms with van der Waals surface area (Å²) in [6.07, 6.45) is 0. The lowest BCUT2D eigenvalue weighted by atomic mass is 10.6. The molecule has 0 aromatic rings. The molecule has 0 aromatic carbocycles. The quantitative estimate of drug-likeness (QED) is 0.384. The highest BCUT2D eigenvalue weighted by Gasteiger charge is 2.18. The normalized spacial score (nSPS) is 17.2. The summed E-state index contributed by atoms with van der Waals surface area (Å²) in [5.41, 5.74) is 0. The van der Waals surface area contributed by atoms with Crippen LogP contribution in [-0.2, 0) is 4.79 Å². The molecule has 4 nitrogen and oxygen atoms in total. The summed E-state index contributed by atoms with van der Waals surface area (Å²) in [6, 6.07) is 0. The number of hydrogen-bond donors (Lipinski definition) is 2. The van der Waals surface area contributed by atoms with Crippen molar-refractivity contribution in [2.45, 2.75) is 0 Å². The summed E-state index contributed by atoms with van der Waals surface area (Å²) < 4.78 is 0. The van der Waals surface area contributed by atoms with E-state index in [-0.39, 0.29) is 34.9 Å². The minimum absolute atomic E-state index is 0. The van der Waals surface area contributed by atoms with Crippen LogP contribution < -0.4 is 5.32 Å². The third-order valence-corrected chi connectivity index (χ3v) is 1.02. The first kappa shape index (κ1) is 8.71. The minimum atomic E-state index is -0.0995. The summed E-state index contributed by atoms with van der Waals surface area (Å²) in [6.45, 7) is 0.318. The van der Waals surface area contributed by atoms with Crippen LogP contribution in [-0.4, -0.2) is 53.4 Å². The van der Waals surface area contributed by atoms with Crippen LogP contribution in [0.15, 0.2) is 0 Å². The third-order valence-electron chi connectivity index (χ3n) is 1.02. The number of nitrogens with zero attached hydrogens (tertiary/aromatic N) is 1. The van der Waals surface area contributed by atoms with E-state index < -0.39 is 0 Å². The Kier molecular flexibility index (Phi) is 2.92. The van der Waals surface area contributed by atoms with Gasteiger partial charge in [0.25, 0.3) is 0 Å². The maximum atomic E-state index is 10.4. The topological polar surface area (TPSA) is 56.2 Å². The Labute approximate surface area is 69.3 Å². The number of hydrogen-bond acceptors (Lipinski definition) is 2. The molecule has 5 heteroatoms. The van der Waals surface area contributed by atoms with Gasteiger partial charge >= 0.3 is 23.1 Å². The summed E-state index contributed by atoms with van der Waals surface area (Å²) in [5.74, 6) is 0.0903. The van der Waals surface area contributed by atoms with Gasteiger partial charge in [0.2, 0.25) is 5.91 Å². The van der Waals surface area contributed by atoms with Crippen LogP contribution >= 0.6 is 0 Å². The van der Waals surface area contributed by atoms with Gasteiger partial charge in [0.1, 0.15) is 0 Å². The van der Waals surface area contributed by atoms with Crippen molar-refractivity contribution in [3.63, 3.8) is 0 Å². The van der Waals surface area contributed by atoms with Crippen molar-refractivity contribution >= 4 is 34.9 Å². The average molecular weight is 139 g/mol. The summed E-state index contributed by atoms with van der Waals surface area (Å²) in [7, 11) is 1.69. The SMILES string of the molecule is CN1CC(=O)NC1=N.[MgH2]. The largest absolute Gasteiger partial charge is 0.337 e. The molecule has 2 N–H and O–H groups in total. The van der Waals surface area contributed by atoms with E-state index in [0.29, 0.717) is 6.54 Å². The van der Waals surface area contributed by atoms with Crippen LogP contribution in [0.4, 0.5) is 0 Å². The van der Waals surface area contributed by atoms with Gasteiger partial charge < -0.3 is 4.90 Å². The fraction of sp³-hybridized carbons (Fsp3) is 0.500. The zero-order valence-electron chi connectivity index (χ0n) is 4.56. The molecule has 0 spiro atoms. The van der Waals surface area contributed by atoms with Gasteiger partial charge in [-0.1, -0.05) is 0 Å². The fourth-order valence-corrected chi connectivity index (χ4v) is 0.561. The van der Waals surface area contributed by atoms with Crippen LogP contribution in [0.1, 0.15) is 0 Å². The summed E-state index contributed by atoms with van der Waals surface area (Å²) in [4.78, 5) is 11.9. The first-order valence-electron chi connectivity index (χ1n) is 2.29. The highest BCUT2D eigenvalue weighted by atomic mass is 24.3. The number of likely N-dealkylation sites (N-methyl/N-ethyl adjacent to an activating group) is 1. The second-order valence-electron chi connectivity index (χ2n) is 1.75. The first-order valence-corrected chi connectivity index (χ1v) is 2.29. The molecular weight excluding hydrogens is 130 g/mol. The number of carbonyl (C=O) groups is 1. The van der Waals surface area contributed by atoms with Gasteiger partial charge in [0.05, 0.1) is 6.54 Å². The second kappa shape index (κ2) is 3.02. The Hall–Kier alpha value is -0.294. The van der Waals surface area contributed by atoms with E-state index in [9.17, 15) is 4.79 Å². The molecule has 1 aliphatic rings. The maximum absolute atomic E-state index is 10.4. The highest BCUT2D eigenvalue weighted by Crippen LogP contribution is 1.89. The fourth-order valence-electron chi connectivity index (χ4n) is 0.561. The van der Waals surface area contributed by atoms with Crippen LogP contribution in [0.3, 0.4) is 0 Å². The molecular formula is C4H9MgN3O. The molecule has 0 bridgehead atoms. The van der Waals surface area contributed by atoms with Crippen LogP contribution in [0, 0.1) is 5.41 Å². The molecule has 1 aliphatic heterocycles. The molecule has 1 fully saturated rings. The lowest BCUT2D eigenvalue weighted by Gasteiger charge is -2.03. The lowest BCUT2D eigenvalue weighted by molar-refractivity contribution is -0.118. The average Bonchev–Trinajstić information content (AvgIpc) is 1.85. The van der Waals surface area contributed by atoms with Crippen molar-refractivity contribution in [1.29, 1.82) is 5.41 Å². The third kappa shape index (κ3) is 1.83. The highest BCUT2D eigenvalue weighted by molar-refractivity contribution is 6.02. The Morgan fingerprint density at radius 3 is 2.44 bits per heavy atom. The van der Waals surface area contributed by atoms with E-state index in [2.05, 4.69) is 5.32 Å². The summed E-state index contributed by atoms with van der Waals surface area (Å²) in [5, 5.41) is 9.32. The molecule has 1 amide bonds. The van der Waals surface area contributed by atoms with Crippen molar-refractivity contribution in [3.8, 4) is 0 Å². The predicted molar refractivity (Wildman–Crippen MR) is 37.0 cm³/mol. The van der Waals surface area contributed by atoms with Crippen molar-refractivity contribution in [1.82, 2.24) is 10.2 Å². The molecule has 0 radical (unpaired) electrons. The maximum Gasteiger partial charge on any atom is 0.316 e. The standard InChI is InChI=1S/C4H7N3O.Mg.2H/c1-7-2-3(8)6-4(7)5;;;/h2H2,1H3,(H2,5,6,8);;;. The molecule has 1 saturated heterocycles. The number of nitrogens with one attached hydrogen (secondary N) is 2. The van der Waals surface area contributed by atoms with Gasteiger partial charge in [0, 0.05) is 7.05 Å². The first-order chi connectivity index (χ1) is 3.70. The summed E-state index contributed by atoms with van der Waals surface area (Å²) >= 11 is 0. The zero-order chi connectivity index (χ0) is 6.15. The van der Waals surface area contributed by atoms with E-state index in [0.717, 1.165) is 0 Å². The molecule has 1 rings (SSSR count). The van der Waals surface area contributed by atoms with Crippen LogP contribution in [0.5, 0.6) is 0 Å². The smallest absolute Gasteiger partial charge is 0.316 e. The zero-order valence-corrected chi connectivity index (χ0v) is 4.56. The van der Waals surface area contributed by atoms with Crippen molar-refractivity contribution in [2.75, 3.05) is 13.6 Å². The minimum Gasteiger partial charge on any atom is -0.337 e. The molecule has 9 heavy (non-hydrogen) atoms. The number of rotatable bonds is 0. The molecule has 0 aromatic heterocycles. The predicted octanol–water partition coefficient (Wildman–Crippen LogP) is -1.93. The Morgan fingerprint density at radius 2 is 2.33 bits per heavy atom. The van der Waals surface area contributed by atoms with Gasteiger partial charge in [-0.25, -0.2) is 0 Å². The second-order valence-corrected chi connectivity index (χ2v) is 1.75. The Morgan fingerprint density at radius 1 is 1.78 bits per heavy atom. The monoisotopic (exact) mass is 139 g/mol. The lowest BCUT2D eigenvalue weighted by Crippen LogP contribution is -2.25. The molecule has 0 unspecified atom stereocenters. The van der Waals surface area contributed by atoms with E-state index in [1.807, 2.05) is 0 Å². The van der Waals surface area contributed by atoms with Gasteiger partial charge in [-0.2, -0.15) is 0 Å². The molecule has 0 aliphatic carbocycles. The van der Waals surface area contributed by atoms with E-state index in [1.54, 1.807) is 11.9 Å². The molecule has 48 valence electrons. The Balaban J connectivity index is 0.000000640. The van der Waals surface area contributed by atoms with Gasteiger partial charge in [0.15, 0.2) is 5.96 Å². The van der Waals surface area contributed by atoms with Crippen LogP contribution in [0.2, 0.25) is 0 Å². The molecule has 0 saturated carbocycles. The number of carbonyl (C=O) groups excluding carboxylic acids is 1. The van der Waals surface area contributed by atoms with Crippen molar-refractivity contribution in [2.24, 2.45) is 0 Å².